The third-order valence-electron chi connectivity index (χ3n) is 5.47. The molecule has 0 saturated carbocycles. The fourth-order valence-corrected chi connectivity index (χ4v) is 4.27. The van der Waals surface area contributed by atoms with Crippen molar-refractivity contribution in [2.45, 2.75) is 30.5 Å². The summed E-state index contributed by atoms with van der Waals surface area (Å²) in [7, 11) is -3.37. The molecule has 0 radical (unpaired) electrons. The fourth-order valence-electron chi connectivity index (χ4n) is 3.64. The predicted molar refractivity (Wildman–Crippen MR) is 129 cm³/mol. The van der Waals surface area contributed by atoms with Gasteiger partial charge in [-0.05, 0) is 36.2 Å². The van der Waals surface area contributed by atoms with Crippen LogP contribution in [-0.4, -0.2) is 48.5 Å². The lowest BCUT2D eigenvalue weighted by Gasteiger charge is -2.34. The molecule has 1 aliphatic heterocycles. The highest BCUT2D eigenvalue weighted by Gasteiger charge is 2.36. The van der Waals surface area contributed by atoms with Gasteiger partial charge in [0.25, 0.3) is 5.91 Å². The van der Waals surface area contributed by atoms with Gasteiger partial charge in [-0.1, -0.05) is 49.4 Å². The number of aromatic nitrogens is 1. The van der Waals surface area contributed by atoms with Crippen molar-refractivity contribution in [3.8, 4) is 0 Å². The molecule has 9 nitrogen and oxygen atoms in total. The Morgan fingerprint density at radius 3 is 2.31 bits per heavy atom. The Balaban J connectivity index is 1.75. The van der Waals surface area contributed by atoms with Crippen molar-refractivity contribution >= 4 is 27.5 Å². The average Bonchev–Trinajstić information content (AvgIpc) is 2.88. The van der Waals surface area contributed by atoms with Crippen molar-refractivity contribution in [3.63, 3.8) is 0 Å². The summed E-state index contributed by atoms with van der Waals surface area (Å²) in [5, 5.41) is 8.55. The second-order valence-corrected chi connectivity index (χ2v) is 9.95. The molecule has 10 heteroatoms. The zero-order valence-corrected chi connectivity index (χ0v) is 20.0. The van der Waals surface area contributed by atoms with Gasteiger partial charge in [0, 0.05) is 29.8 Å². The van der Waals surface area contributed by atoms with Gasteiger partial charge in [-0.2, -0.15) is 10.1 Å². The second-order valence-electron chi connectivity index (χ2n) is 7.93. The van der Waals surface area contributed by atoms with Crippen molar-refractivity contribution in [1.29, 1.82) is 0 Å². The minimum absolute atomic E-state index is 0.173. The van der Waals surface area contributed by atoms with Gasteiger partial charge in [0.05, 0.1) is 4.90 Å². The van der Waals surface area contributed by atoms with Crippen LogP contribution in [0.2, 0.25) is 0 Å². The van der Waals surface area contributed by atoms with E-state index in [0.29, 0.717) is 28.8 Å². The first-order valence-corrected chi connectivity index (χ1v) is 12.8. The number of ether oxygens (including phenoxy) is 1. The monoisotopic (exact) mass is 492 g/mol. The van der Waals surface area contributed by atoms with E-state index in [1.807, 2.05) is 13.0 Å². The minimum Gasteiger partial charge on any atom is -0.438 e. The van der Waals surface area contributed by atoms with Crippen molar-refractivity contribution in [2.24, 2.45) is 5.10 Å². The number of hydrazone groups is 1. The maximum atomic E-state index is 13.0. The van der Waals surface area contributed by atoms with E-state index in [9.17, 15) is 18.0 Å². The van der Waals surface area contributed by atoms with Crippen LogP contribution in [0, 0.1) is 0 Å². The van der Waals surface area contributed by atoms with Gasteiger partial charge in [0.15, 0.2) is 16.0 Å². The van der Waals surface area contributed by atoms with Gasteiger partial charge in [0.2, 0.25) is 0 Å². The largest absolute Gasteiger partial charge is 0.438 e. The Morgan fingerprint density at radius 2 is 1.71 bits per heavy atom. The third-order valence-corrected chi connectivity index (χ3v) is 6.60. The van der Waals surface area contributed by atoms with E-state index >= 15 is 0 Å². The van der Waals surface area contributed by atoms with E-state index in [1.165, 1.54) is 24.5 Å². The molecule has 2 atom stereocenters. The summed E-state index contributed by atoms with van der Waals surface area (Å²) >= 11 is 0. The van der Waals surface area contributed by atoms with Crippen LogP contribution in [0.1, 0.15) is 41.0 Å². The Labute approximate surface area is 203 Å². The number of cyclic esters (lactones) is 1. The molecule has 1 aliphatic rings. The highest BCUT2D eigenvalue weighted by molar-refractivity contribution is 7.90. The van der Waals surface area contributed by atoms with Crippen LogP contribution < -0.4 is 5.32 Å². The summed E-state index contributed by atoms with van der Waals surface area (Å²) in [5.74, 6) is -0.416. The zero-order valence-electron chi connectivity index (χ0n) is 19.2. The molecule has 0 bridgehead atoms. The SMILES string of the molecule is CCC1OC(=O)N(C(NC(=O)c2ccncc2)c2ccccc2)N=C1c1ccc(S(C)(=O)=O)cc1. The maximum Gasteiger partial charge on any atom is 0.433 e. The summed E-state index contributed by atoms with van der Waals surface area (Å²) in [4.78, 5) is 30.1. The minimum atomic E-state index is -3.37. The Kier molecular flexibility index (Phi) is 6.92. The molecular formula is C25H24N4O5S. The molecule has 3 aromatic rings. The smallest absolute Gasteiger partial charge is 0.433 e. The molecule has 35 heavy (non-hydrogen) atoms. The van der Waals surface area contributed by atoms with E-state index in [1.54, 1.807) is 48.5 Å². The molecule has 1 N–H and O–H groups in total. The first-order chi connectivity index (χ1) is 16.8. The van der Waals surface area contributed by atoms with Crippen molar-refractivity contribution in [1.82, 2.24) is 15.3 Å². The summed E-state index contributed by atoms with van der Waals surface area (Å²) in [6.07, 6.45) is 2.31. The van der Waals surface area contributed by atoms with Crippen LogP contribution in [-0.2, 0) is 14.6 Å². The molecule has 2 unspecified atom stereocenters. The lowest BCUT2D eigenvalue weighted by atomic mass is 10.0. The molecule has 1 aromatic heterocycles. The number of nitrogens with zero attached hydrogens (tertiary/aromatic N) is 3. The van der Waals surface area contributed by atoms with Gasteiger partial charge >= 0.3 is 6.09 Å². The lowest BCUT2D eigenvalue weighted by molar-refractivity contribution is 0.0493. The zero-order chi connectivity index (χ0) is 25.0. The second kappa shape index (κ2) is 10.1. The van der Waals surface area contributed by atoms with Crippen LogP contribution >= 0.6 is 0 Å². The number of carbonyl (C=O) groups excluding carboxylic acids is 2. The summed E-state index contributed by atoms with van der Waals surface area (Å²) in [5.41, 5.74) is 2.05. The molecule has 0 aliphatic carbocycles. The van der Waals surface area contributed by atoms with Gasteiger partial charge < -0.3 is 10.1 Å². The van der Waals surface area contributed by atoms with E-state index in [0.717, 1.165) is 11.3 Å². The predicted octanol–water partition coefficient (Wildman–Crippen LogP) is 3.55. The number of sulfone groups is 1. The van der Waals surface area contributed by atoms with Gasteiger partial charge in [-0.3, -0.25) is 9.78 Å². The molecule has 0 fully saturated rings. The maximum absolute atomic E-state index is 13.0. The van der Waals surface area contributed by atoms with Crippen LogP contribution in [0.15, 0.2) is 89.1 Å². The van der Waals surface area contributed by atoms with E-state index in [-0.39, 0.29) is 4.90 Å². The summed E-state index contributed by atoms with van der Waals surface area (Å²) < 4.78 is 29.4. The summed E-state index contributed by atoms with van der Waals surface area (Å²) in [6.45, 7) is 1.86. The molecule has 0 saturated heterocycles. The number of hydrogen-bond donors (Lipinski definition) is 1. The average molecular weight is 493 g/mol. The Morgan fingerprint density at radius 1 is 1.06 bits per heavy atom. The standard InChI is InChI=1S/C25H24N4O5S/c1-3-21-22(17-9-11-20(12-10-17)35(2,32)33)28-29(25(31)34-21)23(18-7-5-4-6-8-18)27-24(30)19-13-15-26-16-14-19/h4-16,21,23H,3H2,1-2H3,(H,27,30). The van der Waals surface area contributed by atoms with E-state index < -0.39 is 34.1 Å². The van der Waals surface area contributed by atoms with Crippen molar-refractivity contribution < 1.29 is 22.7 Å². The van der Waals surface area contributed by atoms with Crippen molar-refractivity contribution in [3.05, 3.63) is 95.8 Å². The number of carbonyl (C=O) groups is 2. The molecular weight excluding hydrogens is 468 g/mol. The highest BCUT2D eigenvalue weighted by Crippen LogP contribution is 2.27. The lowest BCUT2D eigenvalue weighted by Crippen LogP contribution is -2.48. The van der Waals surface area contributed by atoms with Crippen LogP contribution in [0.4, 0.5) is 4.79 Å². The van der Waals surface area contributed by atoms with Gasteiger partial charge in [-0.15, -0.1) is 0 Å². The number of hydrogen-bond acceptors (Lipinski definition) is 7. The normalized spacial score (nSPS) is 16.7. The number of rotatable bonds is 7. The molecule has 2 heterocycles. The molecule has 2 aromatic carbocycles. The number of pyridine rings is 1. The molecule has 2 amide bonds. The highest BCUT2D eigenvalue weighted by atomic mass is 32.2. The van der Waals surface area contributed by atoms with Crippen LogP contribution in [0.3, 0.4) is 0 Å². The Bertz CT molecular complexity index is 1340. The van der Waals surface area contributed by atoms with Crippen molar-refractivity contribution in [2.75, 3.05) is 6.26 Å². The van der Waals surface area contributed by atoms with Gasteiger partial charge in [-0.25, -0.2) is 13.2 Å². The molecule has 0 spiro atoms. The van der Waals surface area contributed by atoms with E-state index in [4.69, 9.17) is 4.74 Å². The molecule has 180 valence electrons. The third kappa shape index (κ3) is 5.38. The van der Waals surface area contributed by atoms with Gasteiger partial charge in [0.1, 0.15) is 11.8 Å². The topological polar surface area (TPSA) is 118 Å². The number of amides is 2. The quantitative estimate of drug-likeness (QED) is 0.539. The number of nitrogens with one attached hydrogen (secondary N) is 1. The Hall–Kier alpha value is -4.05. The first kappa shape index (κ1) is 24.1. The van der Waals surface area contributed by atoms with E-state index in [2.05, 4.69) is 15.4 Å². The molecule has 4 rings (SSSR count). The summed E-state index contributed by atoms with van der Waals surface area (Å²) in [6, 6.07) is 18.3. The first-order valence-electron chi connectivity index (χ1n) is 10.9. The van der Waals surface area contributed by atoms with Crippen LogP contribution in [0.25, 0.3) is 0 Å². The fraction of sp³-hybridized carbons (Fsp3) is 0.200. The number of benzene rings is 2. The van der Waals surface area contributed by atoms with Crippen LogP contribution in [0.5, 0.6) is 0 Å².